The third-order valence-electron chi connectivity index (χ3n) is 6.30. The number of ether oxygens (including phenoxy) is 1. The Bertz CT molecular complexity index is 1190. The number of anilines is 1. The molecule has 8 heteroatoms. The number of benzene rings is 2. The van der Waals surface area contributed by atoms with E-state index in [0.717, 1.165) is 6.07 Å². The van der Waals surface area contributed by atoms with Gasteiger partial charge in [-0.15, -0.1) is 0 Å². The molecule has 1 unspecified atom stereocenters. The molecule has 172 valence electrons. The van der Waals surface area contributed by atoms with Gasteiger partial charge in [-0.2, -0.15) is 0 Å². The first-order valence-corrected chi connectivity index (χ1v) is 10.8. The Kier molecular flexibility index (Phi) is 5.80. The van der Waals surface area contributed by atoms with Gasteiger partial charge in [0.15, 0.2) is 5.54 Å². The number of carbonyl (C=O) groups is 3. The number of aryl methyl sites for hydroxylation is 1. The summed E-state index contributed by atoms with van der Waals surface area (Å²) in [7, 11) is 1.52. The highest BCUT2D eigenvalue weighted by Crippen LogP contribution is 2.53. The van der Waals surface area contributed by atoms with E-state index in [1.165, 1.54) is 29.0 Å². The number of likely N-dealkylation sites (tertiary alicyclic amines) is 1. The van der Waals surface area contributed by atoms with Crippen molar-refractivity contribution in [3.05, 3.63) is 70.5 Å². The number of ketones is 1. The Morgan fingerprint density at radius 2 is 1.88 bits per heavy atom. The van der Waals surface area contributed by atoms with E-state index in [0.29, 0.717) is 36.4 Å². The molecule has 1 N–H and O–H groups in total. The van der Waals surface area contributed by atoms with Crippen LogP contribution in [0.15, 0.2) is 48.0 Å². The van der Waals surface area contributed by atoms with Crippen molar-refractivity contribution in [2.45, 2.75) is 25.8 Å². The van der Waals surface area contributed by atoms with E-state index < -0.39 is 34.7 Å². The maximum atomic E-state index is 14.3. The van der Waals surface area contributed by atoms with Crippen LogP contribution in [-0.2, 0) is 24.7 Å². The minimum absolute atomic E-state index is 0.0209. The first-order valence-electron chi connectivity index (χ1n) is 10.8. The summed E-state index contributed by atoms with van der Waals surface area (Å²) in [4.78, 5) is 43.2. The molecular weight excluding hydrogens is 427 g/mol. The minimum atomic E-state index is -1.83. The van der Waals surface area contributed by atoms with Gasteiger partial charge in [0.25, 0.3) is 17.6 Å². The summed E-state index contributed by atoms with van der Waals surface area (Å²) >= 11 is 0. The predicted molar refractivity (Wildman–Crippen MR) is 120 cm³/mol. The maximum Gasteiger partial charge on any atom is 0.296 e. The molecule has 1 fully saturated rings. The fraction of sp³-hybridized carbons (Fsp3) is 0.320. The lowest BCUT2D eigenvalue weighted by Gasteiger charge is -2.34. The zero-order chi connectivity index (χ0) is 23.9. The van der Waals surface area contributed by atoms with Gasteiger partial charge in [0, 0.05) is 37.9 Å². The van der Waals surface area contributed by atoms with Gasteiger partial charge in [0.05, 0.1) is 11.3 Å². The number of aliphatic hydroxyl groups is 1. The molecule has 2 aliphatic rings. The number of halogens is 1. The average molecular weight is 452 g/mol. The van der Waals surface area contributed by atoms with Crippen molar-refractivity contribution in [3.8, 4) is 0 Å². The number of hydrogen-bond donors (Lipinski definition) is 1. The Morgan fingerprint density at radius 1 is 1.15 bits per heavy atom. The van der Waals surface area contributed by atoms with Gasteiger partial charge in [-0.25, -0.2) is 4.39 Å². The van der Waals surface area contributed by atoms with Gasteiger partial charge in [-0.3, -0.25) is 14.4 Å². The van der Waals surface area contributed by atoms with Crippen LogP contribution in [0.4, 0.5) is 10.1 Å². The van der Waals surface area contributed by atoms with E-state index in [9.17, 15) is 23.9 Å². The van der Waals surface area contributed by atoms with Crippen LogP contribution in [0.5, 0.6) is 0 Å². The monoisotopic (exact) mass is 452 g/mol. The summed E-state index contributed by atoms with van der Waals surface area (Å²) in [6.07, 6.45) is 0.381. The van der Waals surface area contributed by atoms with Crippen LogP contribution in [0.3, 0.4) is 0 Å². The summed E-state index contributed by atoms with van der Waals surface area (Å²) in [5.41, 5.74) is -0.804. The third kappa shape index (κ3) is 3.16. The Balaban J connectivity index is 2.03. The van der Waals surface area contributed by atoms with Crippen LogP contribution in [0.25, 0.3) is 5.76 Å². The van der Waals surface area contributed by atoms with Crippen molar-refractivity contribution in [2.24, 2.45) is 0 Å². The highest BCUT2D eigenvalue weighted by atomic mass is 19.1. The molecule has 0 bridgehead atoms. The SMILES string of the molecule is CCN1C(=O)C2(/C(=C(\O)c3ccc(C)c(F)c3)C(=O)C(=O)N2CCCOC)c2ccccc21. The Labute approximate surface area is 191 Å². The molecule has 1 spiro atoms. The Morgan fingerprint density at radius 3 is 2.55 bits per heavy atom. The minimum Gasteiger partial charge on any atom is -0.507 e. The number of amides is 2. The second kappa shape index (κ2) is 8.44. The molecular formula is C25H25FN2O5. The lowest BCUT2D eigenvalue weighted by molar-refractivity contribution is -0.143. The van der Waals surface area contributed by atoms with Crippen LogP contribution >= 0.6 is 0 Å². The van der Waals surface area contributed by atoms with Gasteiger partial charge >= 0.3 is 0 Å². The number of hydrogen-bond acceptors (Lipinski definition) is 5. The van der Waals surface area contributed by atoms with Crippen molar-refractivity contribution in [1.82, 2.24) is 4.90 Å². The van der Waals surface area contributed by atoms with Gasteiger partial charge in [-0.05, 0) is 38.0 Å². The van der Waals surface area contributed by atoms with E-state index in [1.807, 2.05) is 0 Å². The van der Waals surface area contributed by atoms with E-state index in [1.54, 1.807) is 38.1 Å². The summed E-state index contributed by atoms with van der Waals surface area (Å²) in [6.45, 7) is 4.05. The fourth-order valence-corrected chi connectivity index (χ4v) is 4.73. The molecule has 0 saturated carbocycles. The number of rotatable bonds is 6. The molecule has 2 heterocycles. The molecule has 2 aliphatic heterocycles. The normalized spacial score (nSPS) is 21.4. The van der Waals surface area contributed by atoms with Gasteiger partial charge in [-0.1, -0.05) is 30.3 Å². The molecule has 1 saturated heterocycles. The molecule has 4 rings (SSSR count). The van der Waals surface area contributed by atoms with Crippen LogP contribution in [-0.4, -0.2) is 54.4 Å². The molecule has 2 aromatic rings. The summed E-state index contributed by atoms with van der Waals surface area (Å²) < 4.78 is 19.4. The number of Topliss-reactive ketones (excluding diaryl/α,β-unsaturated/α-hetero) is 1. The van der Waals surface area contributed by atoms with Crippen molar-refractivity contribution in [2.75, 3.05) is 31.7 Å². The molecule has 0 radical (unpaired) electrons. The second-order valence-corrected chi connectivity index (χ2v) is 8.10. The largest absolute Gasteiger partial charge is 0.507 e. The quantitative estimate of drug-likeness (QED) is 0.315. The van der Waals surface area contributed by atoms with Crippen molar-refractivity contribution in [3.63, 3.8) is 0 Å². The molecule has 1 atom stereocenters. The number of carbonyl (C=O) groups excluding carboxylic acids is 3. The zero-order valence-electron chi connectivity index (χ0n) is 18.7. The topological polar surface area (TPSA) is 87.2 Å². The highest BCUT2D eigenvalue weighted by Gasteiger charge is 2.66. The molecule has 2 aromatic carbocycles. The molecule has 0 aromatic heterocycles. The van der Waals surface area contributed by atoms with E-state index in [4.69, 9.17) is 4.74 Å². The number of methoxy groups -OCH3 is 1. The number of fused-ring (bicyclic) bond motifs is 2. The fourth-order valence-electron chi connectivity index (χ4n) is 4.73. The van der Waals surface area contributed by atoms with E-state index in [-0.39, 0.29) is 17.7 Å². The maximum absolute atomic E-state index is 14.3. The van der Waals surface area contributed by atoms with Crippen LogP contribution < -0.4 is 4.90 Å². The number of nitrogens with zero attached hydrogens (tertiary/aromatic N) is 2. The average Bonchev–Trinajstić information content (AvgIpc) is 3.18. The van der Waals surface area contributed by atoms with Crippen molar-refractivity contribution < 1.29 is 28.6 Å². The standard InChI is InChI=1S/C25H25FN2O5/c1-4-27-19-9-6-5-8-17(19)25(24(27)32)20(21(29)16-11-10-15(2)18(26)14-16)22(30)23(31)28(25)12-7-13-33-3/h5-6,8-11,14,29H,4,7,12-13H2,1-3H3/b21-20-. The zero-order valence-corrected chi connectivity index (χ0v) is 18.7. The lowest BCUT2D eigenvalue weighted by atomic mass is 9.81. The van der Waals surface area contributed by atoms with E-state index in [2.05, 4.69) is 0 Å². The van der Waals surface area contributed by atoms with Gasteiger partial charge < -0.3 is 19.6 Å². The predicted octanol–water partition coefficient (Wildman–Crippen LogP) is 3.11. The van der Waals surface area contributed by atoms with Crippen LogP contribution in [0.1, 0.15) is 30.0 Å². The molecule has 2 amide bonds. The lowest BCUT2D eigenvalue weighted by Crippen LogP contribution is -2.52. The molecule has 7 nitrogen and oxygen atoms in total. The Hall–Kier alpha value is -3.52. The molecule has 33 heavy (non-hydrogen) atoms. The number of para-hydroxylation sites is 1. The van der Waals surface area contributed by atoms with Crippen LogP contribution in [0, 0.1) is 12.7 Å². The first kappa shape index (κ1) is 22.7. The first-order chi connectivity index (χ1) is 15.8. The summed E-state index contributed by atoms with van der Waals surface area (Å²) in [5.74, 6) is -3.52. The van der Waals surface area contributed by atoms with Crippen molar-refractivity contribution in [1.29, 1.82) is 0 Å². The van der Waals surface area contributed by atoms with E-state index >= 15 is 0 Å². The summed E-state index contributed by atoms with van der Waals surface area (Å²) in [6, 6.07) is 10.9. The van der Waals surface area contributed by atoms with Crippen molar-refractivity contribution >= 4 is 29.0 Å². The van der Waals surface area contributed by atoms with Crippen LogP contribution in [0.2, 0.25) is 0 Å². The molecule has 0 aliphatic carbocycles. The highest BCUT2D eigenvalue weighted by molar-refractivity contribution is 6.50. The smallest absolute Gasteiger partial charge is 0.296 e. The summed E-state index contributed by atoms with van der Waals surface area (Å²) in [5, 5.41) is 11.3. The second-order valence-electron chi connectivity index (χ2n) is 8.10. The number of aliphatic hydroxyl groups excluding tert-OH is 1. The number of likely N-dealkylation sites (N-methyl/N-ethyl adjacent to an activating group) is 1. The van der Waals surface area contributed by atoms with Gasteiger partial charge in [0.1, 0.15) is 11.6 Å². The third-order valence-corrected chi connectivity index (χ3v) is 6.30. The van der Waals surface area contributed by atoms with Gasteiger partial charge in [0.2, 0.25) is 0 Å².